The van der Waals surface area contributed by atoms with Crippen LogP contribution < -0.4 is 27.8 Å². The van der Waals surface area contributed by atoms with Crippen LogP contribution in [0.25, 0.3) is 0 Å². The second-order valence-corrected chi connectivity index (χ2v) is 11.3. The van der Waals surface area contributed by atoms with Crippen molar-refractivity contribution >= 4 is 11.6 Å². The molecule has 2 aromatic rings. The maximum Gasteiger partial charge on any atom is 0.141 e. The smallest absolute Gasteiger partial charge is 0.141 e. The first-order valence-corrected chi connectivity index (χ1v) is 13.8. The number of hydrogen-bond donors (Lipinski definition) is 7. The summed E-state index contributed by atoms with van der Waals surface area (Å²) in [6.45, 7) is 3.20. The van der Waals surface area contributed by atoms with Gasteiger partial charge in [-0.2, -0.15) is 0 Å². The molecule has 2 unspecified atom stereocenters. The molecule has 15 nitrogen and oxygen atoms in total. The van der Waals surface area contributed by atoms with Gasteiger partial charge in [-0.15, -0.1) is 0 Å². The molecule has 41 heavy (non-hydrogen) atoms. The van der Waals surface area contributed by atoms with Crippen molar-refractivity contribution in [2.45, 2.75) is 67.5 Å². The SMILES string of the molecule is CC12OC[C@H]3O[C@@H](N)[C@H](O)[C@@H]3CC3(OC[C@H]4O[C@@H](N)[C@H](O)[C@@H]4N)c4ncnc(c43)NC/C=C/CNc3ncnc1c32. The van der Waals surface area contributed by atoms with Crippen molar-refractivity contribution in [3.8, 4) is 0 Å². The summed E-state index contributed by atoms with van der Waals surface area (Å²) in [6.07, 6.45) is 2.28. The molecule has 10 atom stereocenters. The van der Waals surface area contributed by atoms with E-state index in [0.29, 0.717) is 36.8 Å². The van der Waals surface area contributed by atoms with Gasteiger partial charge in [-0.3, -0.25) is 0 Å². The molecule has 5 heterocycles. The summed E-state index contributed by atoms with van der Waals surface area (Å²) in [5.41, 5.74) is 19.6. The van der Waals surface area contributed by atoms with Crippen molar-refractivity contribution in [2.75, 3.05) is 36.9 Å². The van der Waals surface area contributed by atoms with E-state index in [1.165, 1.54) is 12.7 Å². The molecule has 0 amide bonds. The molecule has 5 aliphatic rings. The maximum atomic E-state index is 11.2. The number of ether oxygens (including phenoxy) is 4. The third-order valence-corrected chi connectivity index (χ3v) is 8.86. The third-order valence-electron chi connectivity index (χ3n) is 8.86. The second-order valence-electron chi connectivity index (χ2n) is 11.3. The zero-order valence-electron chi connectivity index (χ0n) is 22.5. The van der Waals surface area contributed by atoms with E-state index >= 15 is 0 Å². The monoisotopic (exact) mass is 569 g/mol. The maximum absolute atomic E-state index is 11.2. The first kappa shape index (κ1) is 27.0. The van der Waals surface area contributed by atoms with Crippen LogP contribution >= 0.6 is 0 Å². The molecule has 2 aliphatic carbocycles. The van der Waals surface area contributed by atoms with Crippen LogP contribution in [0.1, 0.15) is 35.9 Å². The summed E-state index contributed by atoms with van der Waals surface area (Å²) >= 11 is 0. The number of aliphatic hydroxyl groups is 2. The Labute approximate surface area is 235 Å². The second kappa shape index (κ2) is 9.86. The van der Waals surface area contributed by atoms with Crippen LogP contribution in [0.15, 0.2) is 24.8 Å². The van der Waals surface area contributed by atoms with Gasteiger partial charge in [0.25, 0.3) is 0 Å². The molecule has 0 bridgehead atoms. The van der Waals surface area contributed by atoms with Crippen molar-refractivity contribution in [3.63, 3.8) is 0 Å². The molecule has 15 heteroatoms. The minimum Gasteiger partial charge on any atom is -0.389 e. The fourth-order valence-corrected chi connectivity index (χ4v) is 6.36. The first-order chi connectivity index (χ1) is 19.7. The summed E-state index contributed by atoms with van der Waals surface area (Å²) in [7, 11) is 0. The van der Waals surface area contributed by atoms with Crippen molar-refractivity contribution in [2.24, 2.45) is 23.1 Å². The fraction of sp³-hybridized carbons (Fsp3) is 0.615. The van der Waals surface area contributed by atoms with Gasteiger partial charge in [0.1, 0.15) is 60.2 Å². The normalized spacial score (nSPS) is 41.7. The highest BCUT2D eigenvalue weighted by Crippen LogP contribution is 2.58. The number of nitrogens with two attached hydrogens (primary N) is 3. The highest BCUT2D eigenvalue weighted by atomic mass is 16.6. The Balaban J connectivity index is 1.19. The third kappa shape index (κ3) is 4.31. The molecule has 0 radical (unpaired) electrons. The Kier molecular flexibility index (Phi) is 6.49. The number of nitrogens with zero attached hydrogens (tertiary/aromatic N) is 4. The quantitative estimate of drug-likeness (QED) is 0.197. The van der Waals surface area contributed by atoms with Crippen LogP contribution in [0.4, 0.5) is 11.6 Å². The number of anilines is 2. The number of aliphatic hydroxyl groups excluding tert-OH is 2. The van der Waals surface area contributed by atoms with Crippen LogP contribution in [0.3, 0.4) is 0 Å². The van der Waals surface area contributed by atoms with Crippen molar-refractivity contribution in [1.29, 1.82) is 0 Å². The van der Waals surface area contributed by atoms with Crippen molar-refractivity contribution in [1.82, 2.24) is 19.9 Å². The number of rotatable bonds is 3. The standard InChI is InChI=1S/C26H35N9O6/c1-25-14-19(25)32-9-34-23(14)30-4-2-3-5-31-24-15-20(33-10-35-24)26(15,39-8-13-16(27)18(37)22(29)41-13)6-11-12(7-38-25)40-21(28)17(11)36/h2-3,9-13,16-18,21-22,36-37H,4-8,27-29H2,1H3,(H,30,32,34)(H,31,33,35)/b3-2+/t11-,12-,13-,16-,17-,18-,21-,22-,25?,26?/m1/s1. The lowest BCUT2D eigenvalue weighted by Gasteiger charge is -2.28. The zero-order chi connectivity index (χ0) is 28.5. The summed E-state index contributed by atoms with van der Waals surface area (Å²) in [5, 5.41) is 28.0. The molecule has 2 fully saturated rings. The Bertz CT molecular complexity index is 1370. The lowest BCUT2D eigenvalue weighted by molar-refractivity contribution is -0.0875. The lowest BCUT2D eigenvalue weighted by atomic mass is 9.89. The molecule has 0 saturated carbocycles. The van der Waals surface area contributed by atoms with E-state index < -0.39 is 60.0 Å². The van der Waals surface area contributed by atoms with Gasteiger partial charge in [0.2, 0.25) is 0 Å². The van der Waals surface area contributed by atoms with Gasteiger partial charge in [-0.05, 0) is 13.3 Å². The number of aromatic nitrogens is 4. The number of nitrogens with one attached hydrogen (secondary N) is 2. The molecule has 3 aliphatic heterocycles. The van der Waals surface area contributed by atoms with Crippen LogP contribution in [0.5, 0.6) is 0 Å². The first-order valence-electron chi connectivity index (χ1n) is 13.8. The van der Waals surface area contributed by atoms with Gasteiger partial charge in [0.15, 0.2) is 0 Å². The fourth-order valence-electron chi connectivity index (χ4n) is 6.36. The van der Waals surface area contributed by atoms with Gasteiger partial charge in [-0.25, -0.2) is 19.9 Å². The molecule has 2 aromatic heterocycles. The minimum absolute atomic E-state index is 0.0407. The van der Waals surface area contributed by atoms with E-state index in [9.17, 15) is 10.2 Å². The van der Waals surface area contributed by atoms with E-state index in [1.54, 1.807) is 0 Å². The number of hydrogen-bond acceptors (Lipinski definition) is 15. The van der Waals surface area contributed by atoms with Crippen molar-refractivity contribution in [3.05, 3.63) is 47.3 Å². The largest absolute Gasteiger partial charge is 0.389 e. The topological polar surface area (TPSA) is 231 Å². The zero-order valence-corrected chi connectivity index (χ0v) is 22.5. The summed E-state index contributed by atoms with van der Waals surface area (Å²) in [6, 6.07) is -0.718. The van der Waals surface area contributed by atoms with E-state index in [1.807, 2.05) is 19.1 Å². The molecule has 10 N–H and O–H groups in total. The van der Waals surface area contributed by atoms with Crippen LogP contribution in [0.2, 0.25) is 0 Å². The van der Waals surface area contributed by atoms with E-state index in [4.69, 9.17) is 36.1 Å². The van der Waals surface area contributed by atoms with Gasteiger partial charge in [0.05, 0.1) is 54.0 Å². The highest BCUT2D eigenvalue weighted by molar-refractivity contribution is 5.66. The van der Waals surface area contributed by atoms with E-state index in [-0.39, 0.29) is 13.2 Å². The van der Waals surface area contributed by atoms with Crippen LogP contribution in [-0.4, -0.2) is 99.4 Å². The molecular weight excluding hydrogens is 534 g/mol. The Morgan fingerprint density at radius 3 is 2.27 bits per heavy atom. The molecule has 7 rings (SSSR count). The molecule has 0 spiro atoms. The Morgan fingerprint density at radius 2 is 1.59 bits per heavy atom. The molecule has 220 valence electrons. The minimum atomic E-state index is -1.01. The molecule has 0 aromatic carbocycles. The lowest BCUT2D eigenvalue weighted by Crippen LogP contribution is -2.44. The summed E-state index contributed by atoms with van der Waals surface area (Å²) in [5.74, 6) is 0.864. The summed E-state index contributed by atoms with van der Waals surface area (Å²) < 4.78 is 24.6. The molecular formula is C26H35N9O6. The Hall–Kier alpha value is -2.86. The van der Waals surface area contributed by atoms with Gasteiger partial charge < -0.3 is 57.0 Å². The predicted octanol–water partition coefficient (Wildman–Crippen LogP) is -2.05. The summed E-state index contributed by atoms with van der Waals surface area (Å²) in [4.78, 5) is 17.8. The van der Waals surface area contributed by atoms with Crippen LogP contribution in [-0.2, 0) is 30.1 Å². The average Bonchev–Trinajstić information content (AvgIpc) is 3.74. The average molecular weight is 570 g/mol. The highest BCUT2D eigenvalue weighted by Gasteiger charge is 2.62. The van der Waals surface area contributed by atoms with Gasteiger partial charge >= 0.3 is 0 Å². The molecule has 2 saturated heterocycles. The Morgan fingerprint density at radius 1 is 0.927 bits per heavy atom. The van der Waals surface area contributed by atoms with E-state index in [2.05, 4.69) is 30.6 Å². The van der Waals surface area contributed by atoms with Gasteiger partial charge in [-0.1, -0.05) is 12.2 Å². The van der Waals surface area contributed by atoms with E-state index in [0.717, 1.165) is 16.8 Å². The van der Waals surface area contributed by atoms with Crippen LogP contribution in [0, 0.1) is 5.92 Å². The van der Waals surface area contributed by atoms with Gasteiger partial charge in [0, 0.05) is 19.0 Å². The van der Waals surface area contributed by atoms with Crippen molar-refractivity contribution < 1.29 is 29.2 Å². The number of fused-ring (bicyclic) bond motifs is 3. The predicted molar refractivity (Wildman–Crippen MR) is 143 cm³/mol.